The van der Waals surface area contributed by atoms with Gasteiger partial charge in [0, 0.05) is 11.7 Å². The van der Waals surface area contributed by atoms with Gasteiger partial charge in [-0.15, -0.1) is 0 Å². The first kappa shape index (κ1) is 14.0. The van der Waals surface area contributed by atoms with E-state index in [0.29, 0.717) is 0 Å². The second kappa shape index (κ2) is 4.90. The van der Waals surface area contributed by atoms with Crippen molar-refractivity contribution in [1.29, 1.82) is 0 Å². The summed E-state index contributed by atoms with van der Waals surface area (Å²) in [5.74, 6) is -1.13. The molecule has 1 aromatic heterocycles. The smallest absolute Gasteiger partial charge is 0.337 e. The van der Waals surface area contributed by atoms with Crippen LogP contribution in [0.4, 0.5) is 0 Å². The molecule has 1 aliphatic rings. The lowest BCUT2D eigenvalue weighted by Gasteiger charge is -2.24. The summed E-state index contributed by atoms with van der Waals surface area (Å²) in [6.45, 7) is 1.88. The summed E-state index contributed by atoms with van der Waals surface area (Å²) >= 11 is 0. The number of pyridine rings is 1. The Morgan fingerprint density at radius 3 is 2.47 bits per heavy atom. The van der Waals surface area contributed by atoms with Gasteiger partial charge in [-0.2, -0.15) is 0 Å². The monoisotopic (exact) mass is 284 g/mol. The number of carbonyl (C=O) groups is 1. The number of nitrogens with zero attached hydrogens (tertiary/aromatic N) is 1. The number of sulfonamides is 1. The highest BCUT2D eigenvalue weighted by Crippen LogP contribution is 2.30. The van der Waals surface area contributed by atoms with Gasteiger partial charge in [0.25, 0.3) is 10.0 Å². The number of aromatic nitrogens is 1. The van der Waals surface area contributed by atoms with E-state index in [2.05, 4.69) is 9.71 Å². The quantitative estimate of drug-likeness (QED) is 0.871. The van der Waals surface area contributed by atoms with Crippen molar-refractivity contribution in [2.24, 2.45) is 0 Å². The molecule has 7 heteroatoms. The van der Waals surface area contributed by atoms with Crippen LogP contribution in [0.15, 0.2) is 23.4 Å². The maximum Gasteiger partial charge on any atom is 0.337 e. The van der Waals surface area contributed by atoms with Gasteiger partial charge in [0.2, 0.25) is 0 Å². The molecule has 0 saturated heterocycles. The minimum Gasteiger partial charge on any atom is -0.478 e. The van der Waals surface area contributed by atoms with Crippen molar-refractivity contribution < 1.29 is 18.3 Å². The molecule has 0 amide bonds. The molecule has 0 atom stereocenters. The number of hydrogen-bond donors (Lipinski definition) is 2. The molecule has 0 unspecified atom stereocenters. The fourth-order valence-corrected chi connectivity index (χ4v) is 3.70. The average Bonchev–Trinajstić information content (AvgIpc) is 2.75. The average molecular weight is 284 g/mol. The van der Waals surface area contributed by atoms with Gasteiger partial charge in [-0.3, -0.25) is 0 Å². The van der Waals surface area contributed by atoms with Crippen molar-refractivity contribution in [3.05, 3.63) is 23.9 Å². The predicted octanol–water partition coefficient (Wildman–Crippen LogP) is 1.39. The molecule has 1 aliphatic carbocycles. The molecule has 1 aromatic rings. The number of nitrogens with one attached hydrogen (secondary N) is 1. The minimum atomic E-state index is -3.70. The zero-order valence-corrected chi connectivity index (χ0v) is 11.4. The van der Waals surface area contributed by atoms with E-state index in [0.717, 1.165) is 31.9 Å². The minimum absolute atomic E-state index is 0.0361. The molecule has 104 valence electrons. The molecular weight excluding hydrogens is 268 g/mol. The van der Waals surface area contributed by atoms with Crippen molar-refractivity contribution in [3.8, 4) is 0 Å². The zero-order chi connectivity index (χ0) is 14.1. The molecule has 1 fully saturated rings. The van der Waals surface area contributed by atoms with E-state index >= 15 is 0 Å². The van der Waals surface area contributed by atoms with Gasteiger partial charge in [-0.05, 0) is 31.9 Å². The van der Waals surface area contributed by atoms with Crippen LogP contribution in [0.1, 0.15) is 43.0 Å². The molecule has 2 N–H and O–H groups in total. The Kier molecular flexibility index (Phi) is 3.60. The van der Waals surface area contributed by atoms with E-state index in [1.54, 1.807) is 0 Å². The van der Waals surface area contributed by atoms with Crippen LogP contribution in [0.5, 0.6) is 0 Å². The van der Waals surface area contributed by atoms with Crippen molar-refractivity contribution in [2.75, 3.05) is 0 Å². The first-order valence-corrected chi connectivity index (χ1v) is 7.54. The van der Waals surface area contributed by atoms with Gasteiger partial charge in [0.05, 0.1) is 5.56 Å². The van der Waals surface area contributed by atoms with Crippen LogP contribution < -0.4 is 4.72 Å². The van der Waals surface area contributed by atoms with E-state index in [1.807, 2.05) is 6.92 Å². The summed E-state index contributed by atoms with van der Waals surface area (Å²) in [5.41, 5.74) is -0.461. The third-order valence-corrected chi connectivity index (χ3v) is 4.90. The summed E-state index contributed by atoms with van der Waals surface area (Å²) in [6, 6.07) is 2.45. The largest absolute Gasteiger partial charge is 0.478 e. The molecule has 1 saturated carbocycles. The molecule has 0 aromatic carbocycles. The molecule has 6 nitrogen and oxygen atoms in total. The van der Waals surface area contributed by atoms with Gasteiger partial charge >= 0.3 is 5.97 Å². The first-order chi connectivity index (χ1) is 8.82. The number of aromatic carboxylic acids is 1. The molecule has 0 aliphatic heterocycles. The second-order valence-electron chi connectivity index (χ2n) is 5.06. The summed E-state index contributed by atoms with van der Waals surface area (Å²) in [7, 11) is -3.70. The lowest BCUT2D eigenvalue weighted by molar-refractivity contribution is 0.0696. The highest BCUT2D eigenvalue weighted by atomic mass is 32.2. The van der Waals surface area contributed by atoms with Crippen LogP contribution in [-0.4, -0.2) is 30.0 Å². The van der Waals surface area contributed by atoms with Gasteiger partial charge in [0.1, 0.15) is 0 Å². The molecule has 19 heavy (non-hydrogen) atoms. The van der Waals surface area contributed by atoms with Crippen molar-refractivity contribution in [3.63, 3.8) is 0 Å². The summed E-state index contributed by atoms with van der Waals surface area (Å²) < 4.78 is 27.0. The molecule has 0 bridgehead atoms. The predicted molar refractivity (Wildman–Crippen MR) is 68.4 cm³/mol. The summed E-state index contributed by atoms with van der Waals surface area (Å²) in [4.78, 5) is 14.4. The zero-order valence-electron chi connectivity index (χ0n) is 10.6. The molecule has 0 radical (unpaired) electrons. The van der Waals surface area contributed by atoms with Crippen molar-refractivity contribution in [1.82, 2.24) is 9.71 Å². The fraction of sp³-hybridized carbons (Fsp3) is 0.500. The van der Waals surface area contributed by atoms with Gasteiger partial charge in [-0.1, -0.05) is 12.8 Å². The lowest BCUT2D eigenvalue weighted by Crippen LogP contribution is -2.43. The Bertz CT molecular complexity index is 574. The Labute approximate surface area is 111 Å². The van der Waals surface area contributed by atoms with E-state index in [-0.39, 0.29) is 10.6 Å². The van der Waals surface area contributed by atoms with Gasteiger partial charge < -0.3 is 5.11 Å². The number of rotatable bonds is 4. The molecular formula is C12H16N2O4S. The highest BCUT2D eigenvalue weighted by molar-refractivity contribution is 7.89. The normalized spacial score (nSPS) is 18.4. The Morgan fingerprint density at radius 2 is 2.00 bits per heavy atom. The van der Waals surface area contributed by atoms with Crippen LogP contribution in [-0.2, 0) is 10.0 Å². The van der Waals surface area contributed by atoms with Crippen LogP contribution >= 0.6 is 0 Å². The van der Waals surface area contributed by atoms with E-state index in [1.165, 1.54) is 12.1 Å². The Balaban J connectivity index is 2.22. The summed E-state index contributed by atoms with van der Waals surface area (Å²) in [5, 5.41) is 8.60. The van der Waals surface area contributed by atoms with Crippen LogP contribution in [0.25, 0.3) is 0 Å². The third-order valence-electron chi connectivity index (χ3n) is 3.35. The SMILES string of the molecule is CC1(NS(=O)(=O)c2ccc(C(=O)O)cn2)CCCC1. The topological polar surface area (TPSA) is 96.4 Å². The maximum atomic E-state index is 12.2. The van der Waals surface area contributed by atoms with E-state index in [4.69, 9.17) is 5.11 Å². The summed E-state index contributed by atoms with van der Waals surface area (Å²) in [6.07, 6.45) is 4.67. The first-order valence-electron chi connectivity index (χ1n) is 6.06. The van der Waals surface area contributed by atoms with Crippen LogP contribution in [0.3, 0.4) is 0 Å². The number of carboxylic acid groups (broad SMARTS) is 1. The van der Waals surface area contributed by atoms with Gasteiger partial charge in [-0.25, -0.2) is 22.9 Å². The van der Waals surface area contributed by atoms with Crippen LogP contribution in [0, 0.1) is 0 Å². The van der Waals surface area contributed by atoms with Crippen molar-refractivity contribution >= 4 is 16.0 Å². The van der Waals surface area contributed by atoms with E-state index < -0.39 is 21.5 Å². The molecule has 2 rings (SSSR count). The molecule has 1 heterocycles. The van der Waals surface area contributed by atoms with Crippen molar-refractivity contribution in [2.45, 2.75) is 43.2 Å². The number of carboxylic acids is 1. The Hall–Kier alpha value is -1.47. The third kappa shape index (κ3) is 3.10. The van der Waals surface area contributed by atoms with Crippen LogP contribution in [0.2, 0.25) is 0 Å². The lowest BCUT2D eigenvalue weighted by atomic mass is 10.0. The van der Waals surface area contributed by atoms with E-state index in [9.17, 15) is 13.2 Å². The number of hydrogen-bond acceptors (Lipinski definition) is 4. The molecule has 0 spiro atoms. The highest BCUT2D eigenvalue weighted by Gasteiger charge is 2.34. The van der Waals surface area contributed by atoms with Gasteiger partial charge in [0.15, 0.2) is 5.03 Å². The Morgan fingerprint density at radius 1 is 1.37 bits per heavy atom. The maximum absolute atomic E-state index is 12.2. The standard InChI is InChI=1S/C12H16N2O4S/c1-12(6-2-3-7-12)14-19(17,18)10-5-4-9(8-13-10)11(15)16/h4-5,8,14H,2-3,6-7H2,1H3,(H,15,16). The second-order valence-corrected chi connectivity index (χ2v) is 6.69. The fourth-order valence-electron chi connectivity index (χ4n) is 2.30.